The van der Waals surface area contributed by atoms with Gasteiger partial charge in [0, 0.05) is 15.2 Å². The SMILES string of the molecule is COc1ncc(N)c2c(Br)cccc12. The maximum absolute atomic E-state index is 5.83. The topological polar surface area (TPSA) is 48.1 Å². The molecule has 0 aliphatic rings. The van der Waals surface area contributed by atoms with Crippen molar-refractivity contribution in [2.75, 3.05) is 12.8 Å². The standard InChI is InChI=1S/C10H9BrN2O/c1-14-10-6-3-2-4-7(11)9(6)8(12)5-13-10/h2-5H,12H2,1H3. The molecule has 0 saturated carbocycles. The lowest BCUT2D eigenvalue weighted by Crippen LogP contribution is -1.94. The number of methoxy groups -OCH3 is 1. The Morgan fingerprint density at radius 2 is 2.21 bits per heavy atom. The number of halogens is 1. The number of ether oxygens (including phenoxy) is 1. The van der Waals surface area contributed by atoms with Gasteiger partial charge in [-0.25, -0.2) is 4.98 Å². The fourth-order valence-corrected chi connectivity index (χ4v) is 2.02. The lowest BCUT2D eigenvalue weighted by atomic mass is 10.1. The number of benzene rings is 1. The normalized spacial score (nSPS) is 10.4. The first-order chi connectivity index (χ1) is 6.74. The maximum atomic E-state index is 5.83. The number of fused-ring (bicyclic) bond motifs is 1. The molecule has 0 aliphatic heterocycles. The minimum atomic E-state index is 0.593. The zero-order valence-electron chi connectivity index (χ0n) is 7.62. The summed E-state index contributed by atoms with van der Waals surface area (Å²) in [5.74, 6) is 0.593. The summed E-state index contributed by atoms with van der Waals surface area (Å²) in [4.78, 5) is 4.10. The van der Waals surface area contributed by atoms with Crippen LogP contribution >= 0.6 is 15.9 Å². The minimum absolute atomic E-state index is 0.593. The number of hydrogen-bond donors (Lipinski definition) is 1. The molecule has 0 aliphatic carbocycles. The average Bonchev–Trinajstić information content (AvgIpc) is 2.18. The van der Waals surface area contributed by atoms with Gasteiger partial charge < -0.3 is 10.5 Å². The Labute approximate surface area is 90.0 Å². The molecule has 0 radical (unpaired) electrons. The third-order valence-electron chi connectivity index (χ3n) is 2.05. The molecule has 0 fully saturated rings. The fraction of sp³-hybridized carbons (Fsp3) is 0.100. The van der Waals surface area contributed by atoms with Crippen molar-refractivity contribution in [1.82, 2.24) is 4.98 Å². The van der Waals surface area contributed by atoms with Crippen molar-refractivity contribution in [3.63, 3.8) is 0 Å². The zero-order chi connectivity index (χ0) is 10.1. The molecule has 14 heavy (non-hydrogen) atoms. The molecule has 2 aromatic rings. The molecule has 1 heterocycles. The van der Waals surface area contributed by atoms with Crippen LogP contribution < -0.4 is 10.5 Å². The molecule has 72 valence electrons. The Kier molecular flexibility index (Phi) is 2.29. The van der Waals surface area contributed by atoms with E-state index in [4.69, 9.17) is 10.5 Å². The highest BCUT2D eigenvalue weighted by molar-refractivity contribution is 9.10. The van der Waals surface area contributed by atoms with Crippen molar-refractivity contribution in [3.05, 3.63) is 28.9 Å². The summed E-state index contributed by atoms with van der Waals surface area (Å²) < 4.78 is 6.10. The number of aromatic nitrogens is 1. The molecule has 2 rings (SSSR count). The van der Waals surface area contributed by atoms with Crippen LogP contribution in [0.4, 0.5) is 5.69 Å². The van der Waals surface area contributed by atoms with Gasteiger partial charge in [0.1, 0.15) is 0 Å². The Morgan fingerprint density at radius 1 is 1.43 bits per heavy atom. The molecule has 3 nitrogen and oxygen atoms in total. The van der Waals surface area contributed by atoms with Crippen LogP contribution in [0, 0.1) is 0 Å². The van der Waals surface area contributed by atoms with E-state index in [9.17, 15) is 0 Å². The molecule has 2 N–H and O–H groups in total. The minimum Gasteiger partial charge on any atom is -0.481 e. The second-order valence-electron chi connectivity index (χ2n) is 2.89. The predicted molar refractivity (Wildman–Crippen MR) is 60.4 cm³/mol. The Bertz CT molecular complexity index is 477. The molecule has 0 unspecified atom stereocenters. The van der Waals surface area contributed by atoms with Gasteiger partial charge in [-0.05, 0) is 12.1 Å². The molecular formula is C10H9BrN2O. The van der Waals surface area contributed by atoms with E-state index in [1.54, 1.807) is 13.3 Å². The Balaban J connectivity index is 2.91. The first-order valence-corrected chi connectivity index (χ1v) is 4.90. The van der Waals surface area contributed by atoms with Gasteiger partial charge in [0.2, 0.25) is 5.88 Å². The highest BCUT2D eigenvalue weighted by atomic mass is 79.9. The van der Waals surface area contributed by atoms with E-state index in [-0.39, 0.29) is 0 Å². The van der Waals surface area contributed by atoms with Crippen molar-refractivity contribution < 1.29 is 4.74 Å². The molecule has 4 heteroatoms. The number of nitrogens with two attached hydrogens (primary N) is 1. The average molecular weight is 253 g/mol. The van der Waals surface area contributed by atoms with E-state index >= 15 is 0 Å². The first-order valence-electron chi connectivity index (χ1n) is 4.10. The number of pyridine rings is 1. The fourth-order valence-electron chi connectivity index (χ4n) is 1.42. The van der Waals surface area contributed by atoms with Crippen molar-refractivity contribution in [2.24, 2.45) is 0 Å². The number of anilines is 1. The number of nitrogen functional groups attached to an aromatic ring is 1. The van der Waals surface area contributed by atoms with Gasteiger partial charge in [-0.3, -0.25) is 0 Å². The van der Waals surface area contributed by atoms with Crippen LogP contribution in [-0.4, -0.2) is 12.1 Å². The van der Waals surface area contributed by atoms with E-state index in [1.165, 1.54) is 0 Å². The highest BCUT2D eigenvalue weighted by Gasteiger charge is 2.07. The van der Waals surface area contributed by atoms with Crippen LogP contribution in [0.15, 0.2) is 28.9 Å². The summed E-state index contributed by atoms with van der Waals surface area (Å²) in [5, 5.41) is 1.86. The summed E-state index contributed by atoms with van der Waals surface area (Å²) in [5.41, 5.74) is 6.48. The van der Waals surface area contributed by atoms with E-state index in [1.807, 2.05) is 18.2 Å². The van der Waals surface area contributed by atoms with Crippen molar-refractivity contribution in [2.45, 2.75) is 0 Å². The summed E-state index contributed by atoms with van der Waals surface area (Å²) in [6.07, 6.45) is 1.60. The van der Waals surface area contributed by atoms with Crippen molar-refractivity contribution in [3.8, 4) is 5.88 Å². The van der Waals surface area contributed by atoms with Crippen molar-refractivity contribution in [1.29, 1.82) is 0 Å². The molecule has 0 saturated heterocycles. The number of nitrogens with zero attached hydrogens (tertiary/aromatic N) is 1. The zero-order valence-corrected chi connectivity index (χ0v) is 9.21. The van der Waals surface area contributed by atoms with Gasteiger partial charge in [0.05, 0.1) is 19.0 Å². The summed E-state index contributed by atoms with van der Waals surface area (Å²) in [7, 11) is 1.60. The van der Waals surface area contributed by atoms with Crippen LogP contribution in [0.3, 0.4) is 0 Å². The maximum Gasteiger partial charge on any atom is 0.221 e. The smallest absolute Gasteiger partial charge is 0.221 e. The second kappa shape index (κ2) is 3.46. The quantitative estimate of drug-likeness (QED) is 0.849. The number of rotatable bonds is 1. The van der Waals surface area contributed by atoms with Gasteiger partial charge in [-0.15, -0.1) is 0 Å². The molecule has 1 aromatic heterocycles. The molecule has 0 atom stereocenters. The van der Waals surface area contributed by atoms with Gasteiger partial charge in [-0.1, -0.05) is 22.0 Å². The monoisotopic (exact) mass is 252 g/mol. The molecular weight excluding hydrogens is 244 g/mol. The van der Waals surface area contributed by atoms with Crippen LogP contribution in [0.5, 0.6) is 5.88 Å². The van der Waals surface area contributed by atoms with Gasteiger partial charge in [0.25, 0.3) is 0 Å². The van der Waals surface area contributed by atoms with Crippen LogP contribution in [0.2, 0.25) is 0 Å². The third-order valence-corrected chi connectivity index (χ3v) is 2.71. The molecule has 0 amide bonds. The van der Waals surface area contributed by atoms with Crippen LogP contribution in [0.25, 0.3) is 10.8 Å². The van der Waals surface area contributed by atoms with Crippen LogP contribution in [-0.2, 0) is 0 Å². The lowest BCUT2D eigenvalue weighted by molar-refractivity contribution is 0.403. The summed E-state index contributed by atoms with van der Waals surface area (Å²) in [6, 6.07) is 5.80. The van der Waals surface area contributed by atoms with E-state index in [2.05, 4.69) is 20.9 Å². The lowest BCUT2D eigenvalue weighted by Gasteiger charge is -2.07. The predicted octanol–water partition coefficient (Wildman–Crippen LogP) is 2.59. The highest BCUT2D eigenvalue weighted by Crippen LogP contribution is 2.32. The number of hydrogen-bond acceptors (Lipinski definition) is 3. The van der Waals surface area contributed by atoms with E-state index in [0.29, 0.717) is 11.6 Å². The Morgan fingerprint density at radius 3 is 2.93 bits per heavy atom. The summed E-state index contributed by atoms with van der Waals surface area (Å²) >= 11 is 3.45. The van der Waals surface area contributed by atoms with Crippen LogP contribution in [0.1, 0.15) is 0 Å². The van der Waals surface area contributed by atoms with Gasteiger partial charge in [-0.2, -0.15) is 0 Å². The van der Waals surface area contributed by atoms with Gasteiger partial charge >= 0.3 is 0 Å². The van der Waals surface area contributed by atoms with Crippen molar-refractivity contribution >= 4 is 32.4 Å². The van der Waals surface area contributed by atoms with E-state index in [0.717, 1.165) is 15.2 Å². The third kappa shape index (κ3) is 1.32. The Hall–Kier alpha value is -1.29. The first kappa shape index (κ1) is 9.27. The molecule has 1 aromatic carbocycles. The second-order valence-corrected chi connectivity index (χ2v) is 3.74. The molecule has 0 bridgehead atoms. The summed E-state index contributed by atoms with van der Waals surface area (Å²) in [6.45, 7) is 0. The van der Waals surface area contributed by atoms with Gasteiger partial charge in [0.15, 0.2) is 0 Å². The molecule has 0 spiro atoms. The largest absolute Gasteiger partial charge is 0.481 e. The van der Waals surface area contributed by atoms with E-state index < -0.39 is 0 Å².